The highest BCUT2D eigenvalue weighted by Crippen LogP contribution is 2.38. The molecule has 3 aromatic rings. The van der Waals surface area contributed by atoms with Gasteiger partial charge in [-0.15, -0.1) is 11.3 Å². The van der Waals surface area contributed by atoms with E-state index in [1.165, 1.54) is 11.3 Å². The number of nitrogens with one attached hydrogen (secondary N) is 1. The molecule has 0 radical (unpaired) electrons. The van der Waals surface area contributed by atoms with Gasteiger partial charge in [-0.25, -0.2) is 4.98 Å². The Morgan fingerprint density at radius 2 is 2.08 bits per heavy atom. The van der Waals surface area contributed by atoms with Crippen LogP contribution in [0, 0.1) is 0 Å². The van der Waals surface area contributed by atoms with Gasteiger partial charge in [0, 0.05) is 29.3 Å². The lowest BCUT2D eigenvalue weighted by Gasteiger charge is -2.24. The predicted molar refractivity (Wildman–Crippen MR) is 99.0 cm³/mol. The molecule has 1 aliphatic rings. The van der Waals surface area contributed by atoms with E-state index in [9.17, 15) is 9.59 Å². The van der Waals surface area contributed by atoms with Crippen molar-refractivity contribution in [3.8, 4) is 0 Å². The highest BCUT2D eigenvalue weighted by Gasteiger charge is 2.35. The summed E-state index contributed by atoms with van der Waals surface area (Å²) >= 11 is 1.54. The van der Waals surface area contributed by atoms with Gasteiger partial charge in [0.25, 0.3) is 5.91 Å². The number of amides is 2. The molecule has 2 heterocycles. The molecule has 25 heavy (non-hydrogen) atoms. The Bertz CT molecular complexity index is 947. The van der Waals surface area contributed by atoms with Gasteiger partial charge in [-0.3, -0.25) is 14.5 Å². The van der Waals surface area contributed by atoms with E-state index in [1.807, 2.05) is 41.8 Å². The van der Waals surface area contributed by atoms with Crippen molar-refractivity contribution in [2.75, 3.05) is 11.4 Å². The van der Waals surface area contributed by atoms with Crippen molar-refractivity contribution >= 4 is 39.6 Å². The number of nitrogens with zero attached hydrogens (tertiary/aromatic N) is 2. The number of benzene rings is 2. The molecule has 2 aromatic carbocycles. The molecule has 1 aromatic heterocycles. The normalized spacial score (nSPS) is 14.1. The largest absolute Gasteiger partial charge is 0.354 e. The molecule has 5 nitrogen and oxygen atoms in total. The zero-order valence-electron chi connectivity index (χ0n) is 13.7. The molecular weight excluding hydrogens is 334 g/mol. The average Bonchev–Trinajstić information content (AvgIpc) is 3.23. The number of anilines is 1. The second kappa shape index (κ2) is 6.29. The van der Waals surface area contributed by atoms with Crippen molar-refractivity contribution in [1.82, 2.24) is 10.3 Å². The molecule has 0 aliphatic carbocycles. The van der Waals surface area contributed by atoms with E-state index in [1.54, 1.807) is 17.3 Å². The van der Waals surface area contributed by atoms with Crippen LogP contribution in [-0.2, 0) is 11.2 Å². The molecule has 4 rings (SSSR count). The zero-order chi connectivity index (χ0) is 17.4. The van der Waals surface area contributed by atoms with Gasteiger partial charge >= 0.3 is 0 Å². The van der Waals surface area contributed by atoms with Crippen LogP contribution in [0.5, 0.6) is 0 Å². The average molecular weight is 351 g/mol. The van der Waals surface area contributed by atoms with E-state index >= 15 is 0 Å². The number of rotatable bonds is 5. The number of aromatic nitrogens is 1. The summed E-state index contributed by atoms with van der Waals surface area (Å²) in [6.45, 7) is 2.27. The summed E-state index contributed by atoms with van der Waals surface area (Å²) in [5.41, 5.74) is 4.21. The smallest absolute Gasteiger partial charge is 0.259 e. The maximum absolute atomic E-state index is 12.8. The predicted octanol–water partition coefficient (Wildman–Crippen LogP) is 3.00. The number of hydrogen-bond acceptors (Lipinski definition) is 4. The summed E-state index contributed by atoms with van der Waals surface area (Å²) in [7, 11) is 0. The van der Waals surface area contributed by atoms with Crippen LogP contribution in [0.3, 0.4) is 0 Å². The van der Waals surface area contributed by atoms with Gasteiger partial charge in [-0.1, -0.05) is 24.3 Å². The Morgan fingerprint density at radius 1 is 1.28 bits per heavy atom. The van der Waals surface area contributed by atoms with Crippen molar-refractivity contribution < 1.29 is 9.59 Å². The highest BCUT2D eigenvalue weighted by atomic mass is 32.1. The van der Waals surface area contributed by atoms with Crippen molar-refractivity contribution in [2.24, 2.45) is 0 Å². The van der Waals surface area contributed by atoms with Crippen LogP contribution in [-0.4, -0.2) is 29.4 Å². The van der Waals surface area contributed by atoms with E-state index in [4.69, 9.17) is 0 Å². The molecule has 1 aliphatic heterocycles. The lowest BCUT2D eigenvalue weighted by atomic mass is 10.1. The van der Waals surface area contributed by atoms with Gasteiger partial charge in [0.2, 0.25) is 5.91 Å². The molecule has 1 atom stereocenters. The van der Waals surface area contributed by atoms with Crippen LogP contribution in [0.25, 0.3) is 10.8 Å². The second-order valence-electron chi connectivity index (χ2n) is 6.05. The Labute approximate surface area is 149 Å². The van der Waals surface area contributed by atoms with E-state index in [2.05, 4.69) is 10.3 Å². The fourth-order valence-corrected chi connectivity index (χ4v) is 3.86. The van der Waals surface area contributed by atoms with Crippen molar-refractivity contribution in [1.29, 1.82) is 0 Å². The Hall–Kier alpha value is -2.73. The molecule has 0 bridgehead atoms. The van der Waals surface area contributed by atoms with Crippen LogP contribution >= 0.6 is 11.3 Å². The van der Waals surface area contributed by atoms with Gasteiger partial charge in [-0.2, -0.15) is 0 Å². The lowest BCUT2D eigenvalue weighted by molar-refractivity contribution is -0.121. The van der Waals surface area contributed by atoms with Crippen LogP contribution < -0.4 is 10.2 Å². The Balaban J connectivity index is 1.53. The second-order valence-corrected chi connectivity index (χ2v) is 6.77. The van der Waals surface area contributed by atoms with Crippen LogP contribution in [0.2, 0.25) is 0 Å². The van der Waals surface area contributed by atoms with E-state index in [-0.39, 0.29) is 11.8 Å². The fraction of sp³-hybridized carbons (Fsp3) is 0.211. The zero-order valence-corrected chi connectivity index (χ0v) is 14.5. The monoisotopic (exact) mass is 351 g/mol. The topological polar surface area (TPSA) is 62.3 Å². The lowest BCUT2D eigenvalue weighted by Crippen LogP contribution is -2.47. The van der Waals surface area contributed by atoms with Gasteiger partial charge in [0.15, 0.2) is 0 Å². The summed E-state index contributed by atoms with van der Waals surface area (Å²) in [5, 5.41) is 6.82. The number of thiazole rings is 1. The van der Waals surface area contributed by atoms with Gasteiger partial charge in [0.05, 0.1) is 16.9 Å². The third-order valence-corrected chi connectivity index (χ3v) is 5.16. The van der Waals surface area contributed by atoms with Crippen molar-refractivity contribution in [2.45, 2.75) is 19.4 Å². The van der Waals surface area contributed by atoms with E-state index in [0.717, 1.165) is 22.2 Å². The molecule has 2 amide bonds. The first-order valence-corrected chi connectivity index (χ1v) is 9.11. The molecule has 0 unspecified atom stereocenters. The van der Waals surface area contributed by atoms with Crippen molar-refractivity contribution in [3.05, 3.63) is 58.5 Å². The van der Waals surface area contributed by atoms with Crippen LogP contribution in [0.15, 0.2) is 47.3 Å². The molecular formula is C19H17N3O2S. The Kier molecular flexibility index (Phi) is 3.97. The summed E-state index contributed by atoms with van der Waals surface area (Å²) in [6.07, 6.45) is 0.686. The molecule has 1 N–H and O–H groups in total. The maximum atomic E-state index is 12.8. The molecule has 0 saturated carbocycles. The number of carbonyl (C=O) groups is 2. The molecule has 126 valence electrons. The third kappa shape index (κ3) is 2.68. The van der Waals surface area contributed by atoms with Gasteiger partial charge < -0.3 is 5.32 Å². The number of carbonyl (C=O) groups excluding carboxylic acids is 2. The van der Waals surface area contributed by atoms with Gasteiger partial charge in [-0.05, 0) is 24.4 Å². The SMILES string of the molecule is C[C@@H](C(=O)NCCc1cscn1)N1C(=O)c2cccc3cccc1c23. The fourth-order valence-electron chi connectivity index (χ4n) is 3.26. The number of hydrogen-bond donors (Lipinski definition) is 1. The molecule has 0 spiro atoms. The highest BCUT2D eigenvalue weighted by molar-refractivity contribution is 7.07. The van der Waals surface area contributed by atoms with E-state index in [0.29, 0.717) is 18.5 Å². The quantitative estimate of drug-likeness (QED) is 0.769. The van der Waals surface area contributed by atoms with Crippen LogP contribution in [0.1, 0.15) is 23.0 Å². The summed E-state index contributed by atoms with van der Waals surface area (Å²) in [4.78, 5) is 31.2. The minimum Gasteiger partial charge on any atom is -0.354 e. The minimum atomic E-state index is -0.569. The van der Waals surface area contributed by atoms with Crippen molar-refractivity contribution in [3.63, 3.8) is 0 Å². The maximum Gasteiger partial charge on any atom is 0.259 e. The Morgan fingerprint density at radius 3 is 2.84 bits per heavy atom. The first-order valence-electron chi connectivity index (χ1n) is 8.17. The first-order chi connectivity index (χ1) is 12.2. The summed E-state index contributed by atoms with van der Waals surface area (Å²) in [6, 6.07) is 10.9. The molecule has 0 fully saturated rings. The molecule has 6 heteroatoms. The summed E-state index contributed by atoms with van der Waals surface area (Å²) < 4.78 is 0. The van der Waals surface area contributed by atoms with Crippen LogP contribution in [0.4, 0.5) is 5.69 Å². The third-order valence-electron chi connectivity index (χ3n) is 4.52. The van der Waals surface area contributed by atoms with E-state index < -0.39 is 6.04 Å². The summed E-state index contributed by atoms with van der Waals surface area (Å²) in [5.74, 6) is -0.276. The standard InChI is InChI=1S/C19H17N3O2S/c1-12(18(23)20-9-8-14-10-25-11-21-14)22-16-7-3-5-13-4-2-6-15(17(13)16)19(22)24/h2-7,10-12H,8-9H2,1H3,(H,20,23)/t12-/m0/s1. The first kappa shape index (κ1) is 15.8. The van der Waals surface area contributed by atoms with Gasteiger partial charge in [0.1, 0.15) is 6.04 Å². The minimum absolute atomic E-state index is 0.117. The molecule has 0 saturated heterocycles.